The molecule has 0 N–H and O–H groups in total. The van der Waals surface area contributed by atoms with Crippen LogP contribution in [0.15, 0.2) is 24.3 Å². The SMILES string of the molecule is CC(C)(C)OCc1cc[c-]cc1.[CH2-]C.[Zn+2]. The van der Waals surface area contributed by atoms with E-state index in [2.05, 4.69) is 33.8 Å². The Morgan fingerprint density at radius 1 is 1.20 bits per heavy atom. The van der Waals surface area contributed by atoms with Crippen LogP contribution >= 0.6 is 0 Å². The molecule has 0 aliphatic rings. The van der Waals surface area contributed by atoms with Crippen molar-refractivity contribution in [2.24, 2.45) is 0 Å². The molecule has 1 rings (SSSR count). The molecule has 80 valence electrons. The quantitative estimate of drug-likeness (QED) is 0.581. The molecule has 1 aromatic carbocycles. The first-order valence-electron chi connectivity index (χ1n) is 4.87. The Labute approximate surface area is 107 Å². The third-order valence-electron chi connectivity index (χ3n) is 1.46. The summed E-state index contributed by atoms with van der Waals surface area (Å²) in [6.45, 7) is 11.9. The van der Waals surface area contributed by atoms with E-state index in [4.69, 9.17) is 4.74 Å². The van der Waals surface area contributed by atoms with Crippen molar-refractivity contribution in [1.82, 2.24) is 0 Å². The van der Waals surface area contributed by atoms with Gasteiger partial charge in [0.15, 0.2) is 0 Å². The van der Waals surface area contributed by atoms with E-state index in [0.29, 0.717) is 6.61 Å². The van der Waals surface area contributed by atoms with Gasteiger partial charge in [-0.05, 0) is 20.8 Å². The zero-order valence-corrected chi connectivity index (χ0v) is 13.3. The number of ether oxygens (including phenoxy) is 1. The predicted molar refractivity (Wildman–Crippen MR) is 60.9 cm³/mol. The van der Waals surface area contributed by atoms with Crippen molar-refractivity contribution in [1.29, 1.82) is 0 Å². The number of hydrogen-bond acceptors (Lipinski definition) is 1. The van der Waals surface area contributed by atoms with Crippen LogP contribution in [-0.4, -0.2) is 5.60 Å². The van der Waals surface area contributed by atoms with Crippen LogP contribution in [0.1, 0.15) is 33.3 Å². The minimum atomic E-state index is -0.0560. The van der Waals surface area contributed by atoms with E-state index in [1.165, 1.54) is 5.56 Å². The molecular formula is C13H20OZn. The minimum absolute atomic E-state index is 0. The minimum Gasteiger partial charge on any atom is -0.373 e. The molecule has 0 fully saturated rings. The monoisotopic (exact) mass is 256 g/mol. The van der Waals surface area contributed by atoms with Gasteiger partial charge in [0.05, 0.1) is 12.2 Å². The van der Waals surface area contributed by atoms with E-state index in [1.54, 1.807) is 6.92 Å². The third kappa shape index (κ3) is 10.1. The topological polar surface area (TPSA) is 9.23 Å². The van der Waals surface area contributed by atoms with Gasteiger partial charge in [0, 0.05) is 0 Å². The van der Waals surface area contributed by atoms with Crippen LogP contribution in [0.5, 0.6) is 0 Å². The van der Waals surface area contributed by atoms with Crippen LogP contribution in [-0.2, 0) is 30.8 Å². The summed E-state index contributed by atoms with van der Waals surface area (Å²) in [4.78, 5) is 0. The van der Waals surface area contributed by atoms with Crippen LogP contribution in [0.3, 0.4) is 0 Å². The van der Waals surface area contributed by atoms with Crippen molar-refractivity contribution in [2.45, 2.75) is 39.9 Å². The summed E-state index contributed by atoms with van der Waals surface area (Å²) < 4.78 is 5.60. The first kappa shape index (κ1) is 17.2. The van der Waals surface area contributed by atoms with Gasteiger partial charge in [-0.1, -0.05) is 0 Å². The fourth-order valence-electron chi connectivity index (χ4n) is 0.817. The molecule has 0 bridgehead atoms. The summed E-state index contributed by atoms with van der Waals surface area (Å²) in [7, 11) is 0. The fraction of sp³-hybridized carbons (Fsp3) is 0.462. The van der Waals surface area contributed by atoms with Crippen LogP contribution in [0, 0.1) is 13.0 Å². The summed E-state index contributed by atoms with van der Waals surface area (Å²) in [5, 5.41) is 0. The first-order chi connectivity index (χ1) is 6.58. The Hall–Kier alpha value is -0.197. The largest absolute Gasteiger partial charge is 2.00 e. The molecule has 0 unspecified atom stereocenters. The van der Waals surface area contributed by atoms with Crippen LogP contribution in [0.25, 0.3) is 0 Å². The molecule has 0 aliphatic carbocycles. The molecule has 0 saturated carbocycles. The van der Waals surface area contributed by atoms with E-state index in [-0.39, 0.29) is 25.1 Å². The molecule has 0 spiro atoms. The van der Waals surface area contributed by atoms with Gasteiger partial charge in [-0.15, -0.1) is 5.56 Å². The van der Waals surface area contributed by atoms with Crippen LogP contribution in [0.2, 0.25) is 0 Å². The summed E-state index contributed by atoms with van der Waals surface area (Å²) in [6, 6.07) is 10.8. The standard InChI is InChI=1S/C11H15O.C2H5.Zn/c1-11(2,3)12-9-10-7-5-4-6-8-10;1-2;/h5-8H,9H2,1-3H3;1H2,2H3;/q2*-1;+2. The zero-order valence-electron chi connectivity index (χ0n) is 10.3. The van der Waals surface area contributed by atoms with Gasteiger partial charge in [-0.2, -0.15) is 37.3 Å². The summed E-state index contributed by atoms with van der Waals surface area (Å²) >= 11 is 0. The third-order valence-corrected chi connectivity index (χ3v) is 1.46. The maximum Gasteiger partial charge on any atom is 2.00 e. The maximum absolute atomic E-state index is 5.60. The molecule has 0 radical (unpaired) electrons. The first-order valence-corrected chi connectivity index (χ1v) is 4.87. The molecule has 2 heteroatoms. The van der Waals surface area contributed by atoms with Crippen molar-refractivity contribution in [2.75, 3.05) is 0 Å². The van der Waals surface area contributed by atoms with Crippen molar-refractivity contribution in [3.8, 4) is 0 Å². The number of benzene rings is 1. The van der Waals surface area contributed by atoms with Gasteiger partial charge >= 0.3 is 19.5 Å². The van der Waals surface area contributed by atoms with E-state index in [0.717, 1.165) is 0 Å². The van der Waals surface area contributed by atoms with Crippen molar-refractivity contribution < 1.29 is 24.2 Å². The second-order valence-electron chi connectivity index (χ2n) is 3.81. The van der Waals surface area contributed by atoms with Gasteiger partial charge in [0.25, 0.3) is 0 Å². The Morgan fingerprint density at radius 2 is 1.67 bits per heavy atom. The van der Waals surface area contributed by atoms with Crippen LogP contribution in [0.4, 0.5) is 0 Å². The van der Waals surface area contributed by atoms with E-state index < -0.39 is 0 Å². The average Bonchev–Trinajstić information content (AvgIpc) is 2.19. The molecular weight excluding hydrogens is 238 g/mol. The molecule has 0 aliphatic heterocycles. The van der Waals surface area contributed by atoms with Gasteiger partial charge < -0.3 is 11.7 Å². The average molecular weight is 258 g/mol. The van der Waals surface area contributed by atoms with E-state index >= 15 is 0 Å². The number of hydrogen-bond donors (Lipinski definition) is 0. The molecule has 0 atom stereocenters. The summed E-state index contributed by atoms with van der Waals surface area (Å²) in [6.07, 6.45) is 0. The second kappa shape index (κ2) is 9.06. The van der Waals surface area contributed by atoms with Gasteiger partial charge in [0.1, 0.15) is 0 Å². The van der Waals surface area contributed by atoms with E-state index in [1.807, 2.05) is 24.3 Å². The van der Waals surface area contributed by atoms with E-state index in [9.17, 15) is 0 Å². The Morgan fingerprint density at radius 3 is 2.07 bits per heavy atom. The number of rotatable bonds is 2. The van der Waals surface area contributed by atoms with Crippen LogP contribution < -0.4 is 0 Å². The zero-order chi connectivity index (χ0) is 11.0. The van der Waals surface area contributed by atoms with Gasteiger partial charge in [-0.25, -0.2) is 0 Å². The molecule has 0 amide bonds. The summed E-state index contributed by atoms with van der Waals surface area (Å²) in [5.74, 6) is 0. The maximum atomic E-state index is 5.60. The summed E-state index contributed by atoms with van der Waals surface area (Å²) in [5.41, 5.74) is 1.14. The fourth-order valence-corrected chi connectivity index (χ4v) is 0.817. The Kier molecular flexibility index (Phi) is 10.4. The Bertz CT molecular complexity index is 226. The van der Waals surface area contributed by atoms with Gasteiger partial charge in [0.2, 0.25) is 0 Å². The molecule has 1 nitrogen and oxygen atoms in total. The van der Waals surface area contributed by atoms with Crippen molar-refractivity contribution in [3.63, 3.8) is 0 Å². The molecule has 15 heavy (non-hydrogen) atoms. The van der Waals surface area contributed by atoms with Crippen molar-refractivity contribution in [3.05, 3.63) is 42.8 Å². The molecule has 0 aromatic heterocycles. The molecule has 0 heterocycles. The van der Waals surface area contributed by atoms with Gasteiger partial charge in [-0.3, -0.25) is 0 Å². The smallest absolute Gasteiger partial charge is 0.373 e. The predicted octanol–water partition coefficient (Wildman–Crippen LogP) is 3.64. The molecule has 1 aromatic rings. The Balaban J connectivity index is 0. The normalized spacial score (nSPS) is 9.67. The van der Waals surface area contributed by atoms with Crippen molar-refractivity contribution >= 4 is 0 Å². The molecule has 0 saturated heterocycles. The second-order valence-corrected chi connectivity index (χ2v) is 3.81.